The fourth-order valence-electron chi connectivity index (χ4n) is 4.62. The van der Waals surface area contributed by atoms with Crippen molar-refractivity contribution in [3.05, 3.63) is 70.1 Å². The molecule has 0 atom stereocenters. The lowest BCUT2D eigenvalue weighted by Crippen LogP contribution is -2.15. The highest BCUT2D eigenvalue weighted by Gasteiger charge is 2.35. The van der Waals surface area contributed by atoms with Gasteiger partial charge in [0.1, 0.15) is 5.65 Å². The summed E-state index contributed by atoms with van der Waals surface area (Å²) in [6.45, 7) is 3.57. The molecule has 3 heterocycles. The Kier molecular flexibility index (Phi) is 5.68. The zero-order valence-electron chi connectivity index (χ0n) is 19.6. The van der Waals surface area contributed by atoms with E-state index in [9.17, 15) is 35.5 Å². The first kappa shape index (κ1) is 25.2. The molecule has 5 aromatic rings. The second-order valence-electron chi connectivity index (χ2n) is 8.81. The van der Waals surface area contributed by atoms with Crippen LogP contribution in [0.25, 0.3) is 44.0 Å². The SMILES string of the molecule is CC(C)n1c2cc(-c3cncc(OS(=O)(=O)F)c3)c(C(F)(F)F)cc2c(=O)c2c3ccc(C#N)cc3[nH]c21. The van der Waals surface area contributed by atoms with Crippen molar-refractivity contribution in [3.8, 4) is 22.9 Å². The van der Waals surface area contributed by atoms with E-state index in [2.05, 4.69) is 14.2 Å². The van der Waals surface area contributed by atoms with Crippen LogP contribution >= 0.6 is 0 Å². The highest BCUT2D eigenvalue weighted by molar-refractivity contribution is 7.81. The van der Waals surface area contributed by atoms with E-state index in [4.69, 9.17) is 0 Å². The number of nitriles is 1. The van der Waals surface area contributed by atoms with Gasteiger partial charge in [-0.3, -0.25) is 9.78 Å². The number of aromatic nitrogens is 3. The monoisotopic (exact) mass is 544 g/mol. The summed E-state index contributed by atoms with van der Waals surface area (Å²) >= 11 is 0. The van der Waals surface area contributed by atoms with E-state index >= 15 is 0 Å². The Morgan fingerprint density at radius 3 is 2.47 bits per heavy atom. The molecule has 8 nitrogen and oxygen atoms in total. The predicted octanol–water partition coefficient (Wildman–Crippen LogP) is 5.76. The van der Waals surface area contributed by atoms with E-state index in [1.54, 1.807) is 30.5 Å². The number of alkyl halides is 3. The molecule has 0 aliphatic heterocycles. The first-order chi connectivity index (χ1) is 17.8. The quantitative estimate of drug-likeness (QED) is 0.227. The Morgan fingerprint density at radius 1 is 1.11 bits per heavy atom. The Bertz CT molecular complexity index is 1990. The molecule has 0 fully saturated rings. The minimum absolute atomic E-state index is 0.164. The number of nitrogens with zero attached hydrogens (tertiary/aromatic N) is 3. The summed E-state index contributed by atoms with van der Waals surface area (Å²) < 4.78 is 83.4. The van der Waals surface area contributed by atoms with E-state index in [1.807, 2.05) is 6.07 Å². The van der Waals surface area contributed by atoms with Crippen LogP contribution in [-0.2, 0) is 16.7 Å². The summed E-state index contributed by atoms with van der Waals surface area (Å²) in [6.07, 6.45) is -3.04. The maximum absolute atomic E-state index is 14.3. The fourth-order valence-corrected chi connectivity index (χ4v) is 4.95. The van der Waals surface area contributed by atoms with Crippen LogP contribution in [-0.4, -0.2) is 23.0 Å². The van der Waals surface area contributed by atoms with Gasteiger partial charge in [-0.15, -0.1) is 0 Å². The number of fused-ring (bicyclic) bond motifs is 4. The van der Waals surface area contributed by atoms with Crippen molar-refractivity contribution in [1.29, 1.82) is 5.26 Å². The van der Waals surface area contributed by atoms with E-state index < -0.39 is 39.0 Å². The van der Waals surface area contributed by atoms with Gasteiger partial charge in [0.15, 0.2) is 11.2 Å². The topological polar surface area (TPSA) is 118 Å². The van der Waals surface area contributed by atoms with Crippen LogP contribution in [0.4, 0.5) is 17.1 Å². The molecule has 0 aliphatic carbocycles. The lowest BCUT2D eigenvalue weighted by molar-refractivity contribution is -0.137. The zero-order chi connectivity index (χ0) is 27.6. The van der Waals surface area contributed by atoms with Gasteiger partial charge in [-0.05, 0) is 49.7 Å². The van der Waals surface area contributed by atoms with Crippen LogP contribution in [0.3, 0.4) is 0 Å². The van der Waals surface area contributed by atoms with Gasteiger partial charge in [-0.2, -0.15) is 26.9 Å². The molecule has 0 saturated heterocycles. The zero-order valence-corrected chi connectivity index (χ0v) is 20.4. The van der Waals surface area contributed by atoms with Gasteiger partial charge in [-0.1, -0.05) is 9.95 Å². The first-order valence-electron chi connectivity index (χ1n) is 11.0. The summed E-state index contributed by atoms with van der Waals surface area (Å²) in [5, 5.41) is 9.69. The largest absolute Gasteiger partial charge is 0.488 e. The van der Waals surface area contributed by atoms with Crippen LogP contribution in [0.5, 0.6) is 5.75 Å². The smallest absolute Gasteiger partial charge is 0.357 e. The van der Waals surface area contributed by atoms with Crippen molar-refractivity contribution in [2.45, 2.75) is 26.1 Å². The maximum atomic E-state index is 14.3. The highest BCUT2D eigenvalue weighted by atomic mass is 32.3. The first-order valence-corrected chi connectivity index (χ1v) is 12.3. The molecule has 0 bridgehead atoms. The minimum Gasteiger partial charge on any atom is -0.357 e. The summed E-state index contributed by atoms with van der Waals surface area (Å²) in [7, 11) is -5.45. The third kappa shape index (κ3) is 4.22. The van der Waals surface area contributed by atoms with E-state index in [0.717, 1.165) is 30.6 Å². The number of pyridine rings is 2. The third-order valence-corrected chi connectivity index (χ3v) is 6.45. The van der Waals surface area contributed by atoms with Gasteiger partial charge < -0.3 is 13.7 Å². The van der Waals surface area contributed by atoms with Gasteiger partial charge in [-0.25, -0.2) is 0 Å². The number of benzene rings is 2. The summed E-state index contributed by atoms with van der Waals surface area (Å²) in [4.78, 5) is 20.4. The van der Waals surface area contributed by atoms with Crippen LogP contribution in [0.1, 0.15) is 31.0 Å². The maximum Gasteiger partial charge on any atom is 0.488 e. The van der Waals surface area contributed by atoms with Crippen LogP contribution in [0.2, 0.25) is 0 Å². The third-order valence-electron chi connectivity index (χ3n) is 6.06. The Hall–Kier alpha value is -4.44. The van der Waals surface area contributed by atoms with E-state index in [0.29, 0.717) is 22.1 Å². The lowest BCUT2D eigenvalue weighted by atomic mass is 9.96. The molecule has 5 rings (SSSR count). The standard InChI is InChI=1S/C25H16F4N4O4S/c1-12(2)33-21-8-17(14-6-15(11-31-10-14)37-38(29,35)36)19(25(26,27)28)7-18(21)23(34)22-16-4-3-13(9-30)5-20(16)32-24(22)33/h3-8,10-12,32H,1-2H3. The van der Waals surface area contributed by atoms with Crippen molar-refractivity contribution < 1.29 is 29.7 Å². The van der Waals surface area contributed by atoms with Crippen LogP contribution < -0.4 is 9.61 Å². The van der Waals surface area contributed by atoms with Crippen molar-refractivity contribution >= 4 is 43.3 Å². The van der Waals surface area contributed by atoms with Gasteiger partial charge in [0.05, 0.1) is 34.3 Å². The summed E-state index contributed by atoms with van der Waals surface area (Å²) in [5.41, 5.74) is -1.12. The van der Waals surface area contributed by atoms with Gasteiger partial charge >= 0.3 is 16.7 Å². The Labute approximate surface area is 212 Å². The Morgan fingerprint density at radius 2 is 1.84 bits per heavy atom. The number of aromatic amines is 1. The van der Waals surface area contributed by atoms with Gasteiger partial charge in [0.2, 0.25) is 0 Å². The molecule has 0 unspecified atom stereocenters. The molecule has 2 aromatic carbocycles. The highest BCUT2D eigenvalue weighted by Crippen LogP contribution is 2.41. The molecule has 38 heavy (non-hydrogen) atoms. The van der Waals surface area contributed by atoms with Crippen molar-refractivity contribution in [1.82, 2.24) is 14.5 Å². The molecule has 0 amide bonds. The van der Waals surface area contributed by atoms with Gasteiger partial charge in [0, 0.05) is 34.1 Å². The Balaban J connectivity index is 1.92. The molecular weight excluding hydrogens is 528 g/mol. The molecule has 3 aromatic heterocycles. The number of hydrogen-bond acceptors (Lipinski definition) is 6. The summed E-state index contributed by atoms with van der Waals surface area (Å²) in [6, 6.07) is 9.12. The van der Waals surface area contributed by atoms with E-state index in [1.165, 1.54) is 6.07 Å². The van der Waals surface area contributed by atoms with Crippen molar-refractivity contribution in [2.75, 3.05) is 0 Å². The molecule has 13 heteroatoms. The summed E-state index contributed by atoms with van der Waals surface area (Å²) in [5.74, 6) is -0.626. The van der Waals surface area contributed by atoms with Crippen LogP contribution in [0, 0.1) is 11.3 Å². The van der Waals surface area contributed by atoms with Crippen molar-refractivity contribution in [3.63, 3.8) is 0 Å². The fraction of sp³-hybridized carbons (Fsp3) is 0.160. The molecule has 0 saturated carbocycles. The average Bonchev–Trinajstić information content (AvgIpc) is 3.20. The number of nitrogens with one attached hydrogen (secondary N) is 1. The van der Waals surface area contributed by atoms with E-state index in [-0.39, 0.29) is 27.9 Å². The van der Waals surface area contributed by atoms with Gasteiger partial charge in [0.25, 0.3) is 0 Å². The molecular formula is C25H16F4N4O4S. The second-order valence-corrected chi connectivity index (χ2v) is 9.76. The van der Waals surface area contributed by atoms with Crippen molar-refractivity contribution in [2.24, 2.45) is 0 Å². The van der Waals surface area contributed by atoms with Crippen LogP contribution in [0.15, 0.2) is 53.6 Å². The molecule has 1 N–H and O–H groups in total. The number of rotatable bonds is 4. The average molecular weight is 544 g/mol. The normalized spacial score (nSPS) is 12.5. The lowest BCUT2D eigenvalue weighted by Gasteiger charge is -2.20. The molecule has 0 aliphatic rings. The number of halogens is 4. The predicted molar refractivity (Wildman–Crippen MR) is 132 cm³/mol. The molecule has 0 spiro atoms. The second kappa shape index (κ2) is 8.56. The molecule has 0 radical (unpaired) electrons. The molecule has 194 valence electrons. The number of H-pyrrole nitrogens is 1. The minimum atomic E-state index is -5.45. The number of hydrogen-bond donors (Lipinski definition) is 1.